The number of rotatable bonds is 6. The fourth-order valence-corrected chi connectivity index (χ4v) is 4.34. The summed E-state index contributed by atoms with van der Waals surface area (Å²) in [5, 5.41) is 7.29. The zero-order valence-electron chi connectivity index (χ0n) is 19.7. The second-order valence-electron chi connectivity index (χ2n) is 8.42. The Hall–Kier alpha value is -4.25. The van der Waals surface area contributed by atoms with Gasteiger partial charge < -0.3 is 9.30 Å². The van der Waals surface area contributed by atoms with Gasteiger partial charge in [-0.2, -0.15) is 18.3 Å². The number of fused-ring (bicyclic) bond motifs is 1. The number of ether oxygens (including phenoxy) is 1. The van der Waals surface area contributed by atoms with Crippen molar-refractivity contribution in [2.45, 2.75) is 26.3 Å². The van der Waals surface area contributed by atoms with Gasteiger partial charge in [-0.1, -0.05) is 23.7 Å². The summed E-state index contributed by atoms with van der Waals surface area (Å²) in [6.07, 6.45) is -1.06. The third kappa shape index (κ3) is 4.84. The van der Waals surface area contributed by atoms with Crippen molar-refractivity contribution >= 4 is 22.5 Å². The Balaban J connectivity index is 1.50. The Morgan fingerprint density at radius 3 is 2.71 bits per heavy atom. The highest BCUT2D eigenvalue weighted by Gasteiger charge is 2.34. The van der Waals surface area contributed by atoms with Crippen molar-refractivity contribution in [1.82, 2.24) is 24.7 Å². The zero-order chi connectivity index (χ0) is 27.0. The van der Waals surface area contributed by atoms with Gasteiger partial charge in [0.15, 0.2) is 5.82 Å². The molecule has 1 N–H and O–H groups in total. The molecule has 1 aromatic carbocycles. The molecule has 38 heavy (non-hydrogen) atoms. The fraction of sp³-hybridized carbons (Fsp3) is 0.154. The lowest BCUT2D eigenvalue weighted by atomic mass is 10.0. The summed E-state index contributed by atoms with van der Waals surface area (Å²) in [7, 11) is 0. The average molecular weight is 544 g/mol. The molecule has 0 aliphatic heterocycles. The normalized spacial score (nSPS) is 11.7. The number of alkyl halides is 3. The lowest BCUT2D eigenvalue weighted by Crippen LogP contribution is -2.28. The van der Waals surface area contributed by atoms with Crippen molar-refractivity contribution in [3.63, 3.8) is 0 Å². The number of pyridine rings is 3. The molecule has 12 heteroatoms. The third-order valence-electron chi connectivity index (χ3n) is 5.90. The van der Waals surface area contributed by atoms with E-state index in [2.05, 4.69) is 20.2 Å². The molecule has 0 radical (unpaired) electrons. The summed E-state index contributed by atoms with van der Waals surface area (Å²) in [5.41, 5.74) is 0.0291. The van der Waals surface area contributed by atoms with Gasteiger partial charge in [-0.05, 0) is 37.3 Å². The highest BCUT2D eigenvalue weighted by molar-refractivity contribution is 6.31. The maximum Gasteiger partial charge on any atom is 0.421 e. The molecule has 0 spiro atoms. The number of benzene rings is 1. The molecule has 5 rings (SSSR count). The predicted octanol–water partition coefficient (Wildman–Crippen LogP) is 5.93. The number of aryl methyl sites for hydroxylation is 1. The first-order valence-electron chi connectivity index (χ1n) is 11.2. The lowest BCUT2D eigenvalue weighted by Gasteiger charge is -2.15. The van der Waals surface area contributed by atoms with Crippen LogP contribution in [0.1, 0.15) is 22.5 Å². The number of nitrogens with one attached hydrogen (secondary N) is 1. The van der Waals surface area contributed by atoms with Gasteiger partial charge >= 0.3 is 6.18 Å². The average Bonchev–Trinajstić information content (AvgIpc) is 3.29. The zero-order valence-corrected chi connectivity index (χ0v) is 20.4. The molecule has 5 aromatic rings. The summed E-state index contributed by atoms with van der Waals surface area (Å²) in [6, 6.07) is 10.3. The number of aromatic nitrogens is 5. The number of aromatic amines is 1. The lowest BCUT2D eigenvalue weighted by molar-refractivity contribution is -0.138. The van der Waals surface area contributed by atoms with E-state index in [1.54, 1.807) is 31.2 Å². The molecule has 0 aliphatic rings. The van der Waals surface area contributed by atoms with E-state index in [-0.39, 0.29) is 29.6 Å². The summed E-state index contributed by atoms with van der Waals surface area (Å²) >= 11 is 6.40. The number of para-hydroxylation sites is 1. The molecule has 4 aromatic heterocycles. The molecule has 0 bridgehead atoms. The Kier molecular flexibility index (Phi) is 6.62. The largest absolute Gasteiger partial charge is 0.486 e. The number of halogens is 5. The van der Waals surface area contributed by atoms with Crippen molar-refractivity contribution in [2.75, 3.05) is 0 Å². The minimum atomic E-state index is -4.79. The van der Waals surface area contributed by atoms with Crippen molar-refractivity contribution in [3.8, 4) is 17.0 Å². The van der Waals surface area contributed by atoms with Crippen molar-refractivity contribution in [3.05, 3.63) is 105 Å². The van der Waals surface area contributed by atoms with E-state index >= 15 is 0 Å². The molecule has 4 heterocycles. The first-order chi connectivity index (χ1) is 18.1. The minimum absolute atomic E-state index is 0.113. The van der Waals surface area contributed by atoms with Gasteiger partial charge in [0.2, 0.25) is 0 Å². The Bertz CT molecular complexity index is 1710. The SMILES string of the molecule is Cc1cc(-c2[nH]ncc2F)c2cccc(OCc3c(Cl)ccnc3Cn3cccc(C(F)(F)F)c3=O)c2n1. The fourth-order valence-electron chi connectivity index (χ4n) is 4.12. The first kappa shape index (κ1) is 25.4. The van der Waals surface area contributed by atoms with Crippen LogP contribution in [0.4, 0.5) is 17.6 Å². The van der Waals surface area contributed by atoms with Crippen LogP contribution in [0.3, 0.4) is 0 Å². The van der Waals surface area contributed by atoms with Gasteiger partial charge in [0.25, 0.3) is 5.56 Å². The van der Waals surface area contributed by atoms with E-state index in [0.29, 0.717) is 33.5 Å². The van der Waals surface area contributed by atoms with Crippen molar-refractivity contribution in [2.24, 2.45) is 0 Å². The first-order valence-corrected chi connectivity index (χ1v) is 11.6. The highest BCUT2D eigenvalue weighted by atomic mass is 35.5. The number of nitrogens with zero attached hydrogens (tertiary/aromatic N) is 4. The van der Waals surface area contributed by atoms with E-state index in [0.717, 1.165) is 22.9 Å². The van der Waals surface area contributed by atoms with Crippen LogP contribution in [0.5, 0.6) is 5.75 Å². The number of hydrogen-bond acceptors (Lipinski definition) is 5. The van der Waals surface area contributed by atoms with Crippen LogP contribution in [0.2, 0.25) is 5.02 Å². The Labute approximate surface area is 217 Å². The van der Waals surface area contributed by atoms with E-state index < -0.39 is 23.1 Å². The van der Waals surface area contributed by atoms with Crippen molar-refractivity contribution in [1.29, 1.82) is 0 Å². The molecule has 0 unspecified atom stereocenters. The quantitative estimate of drug-likeness (QED) is 0.268. The molecular weight excluding hydrogens is 526 g/mol. The number of H-pyrrole nitrogens is 1. The van der Waals surface area contributed by atoms with E-state index in [9.17, 15) is 22.4 Å². The van der Waals surface area contributed by atoms with Gasteiger partial charge in [-0.25, -0.2) is 9.37 Å². The minimum Gasteiger partial charge on any atom is -0.486 e. The Morgan fingerprint density at radius 1 is 1.16 bits per heavy atom. The smallest absolute Gasteiger partial charge is 0.421 e. The topological polar surface area (TPSA) is 85.7 Å². The highest BCUT2D eigenvalue weighted by Crippen LogP contribution is 2.34. The summed E-state index contributed by atoms with van der Waals surface area (Å²) in [5.74, 6) is -0.144. The maximum absolute atomic E-state index is 14.3. The van der Waals surface area contributed by atoms with Crippen LogP contribution in [-0.4, -0.2) is 24.7 Å². The van der Waals surface area contributed by atoms with Gasteiger partial charge in [0.05, 0.1) is 23.5 Å². The van der Waals surface area contributed by atoms with Crippen LogP contribution < -0.4 is 10.3 Å². The molecule has 194 valence electrons. The van der Waals surface area contributed by atoms with Crippen LogP contribution in [0.15, 0.2) is 65.8 Å². The van der Waals surface area contributed by atoms with Crippen molar-refractivity contribution < 1.29 is 22.3 Å². The number of hydrogen-bond donors (Lipinski definition) is 1. The van der Waals surface area contributed by atoms with Gasteiger partial charge in [-0.3, -0.25) is 14.9 Å². The summed E-state index contributed by atoms with van der Waals surface area (Å²) < 4.78 is 60.9. The molecule has 7 nitrogen and oxygen atoms in total. The molecule has 0 saturated carbocycles. The molecular formula is C26H18ClF4N5O2. The van der Waals surface area contributed by atoms with Crippen LogP contribution in [-0.2, 0) is 19.3 Å². The molecule has 0 fully saturated rings. The monoisotopic (exact) mass is 543 g/mol. The Morgan fingerprint density at radius 2 is 1.97 bits per heavy atom. The van der Waals surface area contributed by atoms with E-state index in [4.69, 9.17) is 16.3 Å². The molecule has 0 amide bonds. The second-order valence-corrected chi connectivity index (χ2v) is 8.82. The van der Waals surface area contributed by atoms with E-state index in [1.165, 1.54) is 18.5 Å². The van der Waals surface area contributed by atoms with Gasteiger partial charge in [0.1, 0.15) is 29.1 Å². The molecule has 0 aliphatic carbocycles. The second kappa shape index (κ2) is 9.90. The van der Waals surface area contributed by atoms with Crippen LogP contribution in [0, 0.1) is 12.7 Å². The summed E-state index contributed by atoms with van der Waals surface area (Å²) in [6.45, 7) is 1.40. The van der Waals surface area contributed by atoms with E-state index in [1.807, 2.05) is 0 Å². The molecule has 0 saturated heterocycles. The van der Waals surface area contributed by atoms with Crippen LogP contribution >= 0.6 is 11.6 Å². The molecule has 0 atom stereocenters. The van der Waals surface area contributed by atoms with Crippen LogP contribution in [0.25, 0.3) is 22.2 Å². The predicted molar refractivity (Wildman–Crippen MR) is 132 cm³/mol. The maximum atomic E-state index is 14.3. The summed E-state index contributed by atoms with van der Waals surface area (Å²) in [4.78, 5) is 21.2. The third-order valence-corrected chi connectivity index (χ3v) is 6.25. The van der Waals surface area contributed by atoms with Gasteiger partial charge in [-0.15, -0.1) is 0 Å². The van der Waals surface area contributed by atoms with Gasteiger partial charge in [0, 0.05) is 34.6 Å². The standard InChI is InChI=1S/C26H18ClF4N5O2/c1-14-10-16(23-20(28)11-33-35-23)15-4-2-6-22(24(15)34-14)38-13-17-19(27)7-8-32-21(17)12-36-9-3-5-18(25(36)37)26(29,30)31/h2-11H,12-13H2,1H3,(H,33,35).